The number of fused-ring (bicyclic) bond motifs is 5. The van der Waals surface area contributed by atoms with Crippen molar-refractivity contribution in [3.05, 3.63) is 0 Å². The third kappa shape index (κ3) is 1.36. The second-order valence-corrected chi connectivity index (χ2v) is 7.12. The van der Waals surface area contributed by atoms with Gasteiger partial charge in [-0.3, -0.25) is 0 Å². The first-order valence-electron chi connectivity index (χ1n) is 5.02. The number of hydrogen-bond acceptors (Lipinski definition) is 2. The van der Waals surface area contributed by atoms with Crippen LogP contribution in [0.4, 0.5) is 17.6 Å². The van der Waals surface area contributed by atoms with Crippen LogP contribution in [0.3, 0.4) is 0 Å². The van der Waals surface area contributed by atoms with E-state index in [0.29, 0.717) is 0 Å². The Balaban J connectivity index is 1.89. The fourth-order valence-electron chi connectivity index (χ4n) is 2.99. The normalized spacial score (nSPS) is 50.4. The number of alkyl halides is 4. The quantitative estimate of drug-likeness (QED) is 0.606. The molecule has 3 aliphatic rings. The van der Waals surface area contributed by atoms with Gasteiger partial charge in [0.15, 0.2) is 0 Å². The zero-order valence-electron chi connectivity index (χ0n) is 7.76. The average molecular weight is 258 g/mol. The molecule has 0 aromatic carbocycles. The Morgan fingerprint density at radius 2 is 1.20 bits per heavy atom. The molecule has 1 aliphatic heterocycles. The maximum Gasteiger partial charge on any atom is 0.366 e. The fourth-order valence-corrected chi connectivity index (χ4v) is 6.16. The summed E-state index contributed by atoms with van der Waals surface area (Å²) in [6, 6.07) is 0. The smallest absolute Gasteiger partial charge is 0.186 e. The monoisotopic (exact) mass is 258 g/mol. The third-order valence-electron chi connectivity index (χ3n) is 3.67. The molecular weight excluding hydrogens is 248 g/mol. The van der Waals surface area contributed by atoms with E-state index in [-0.39, 0.29) is 45.9 Å². The van der Waals surface area contributed by atoms with Crippen LogP contribution in [0.1, 0.15) is 19.3 Å². The number of halogens is 4. The van der Waals surface area contributed by atoms with Gasteiger partial charge in [-0.1, -0.05) is 23.5 Å². The molecule has 3 fully saturated rings. The molecule has 0 aromatic rings. The Morgan fingerprint density at radius 3 is 1.60 bits per heavy atom. The van der Waals surface area contributed by atoms with E-state index in [2.05, 4.69) is 0 Å². The number of rotatable bonds is 0. The lowest BCUT2D eigenvalue weighted by Gasteiger charge is -2.41. The molecule has 2 bridgehead atoms. The van der Waals surface area contributed by atoms with Gasteiger partial charge < -0.3 is 0 Å². The van der Waals surface area contributed by atoms with Gasteiger partial charge in [-0.05, 0) is 31.1 Å². The number of thioether (sulfide) groups is 2. The molecule has 4 unspecified atom stereocenters. The van der Waals surface area contributed by atoms with Gasteiger partial charge in [0, 0.05) is 10.5 Å². The predicted molar refractivity (Wildman–Crippen MR) is 53.5 cm³/mol. The predicted octanol–water partition coefficient (Wildman–Crippen LogP) is 3.82. The van der Waals surface area contributed by atoms with Crippen molar-refractivity contribution in [1.29, 1.82) is 0 Å². The van der Waals surface area contributed by atoms with Gasteiger partial charge in [0.2, 0.25) is 0 Å². The van der Waals surface area contributed by atoms with E-state index in [1.165, 1.54) is 0 Å². The molecule has 2 saturated carbocycles. The zero-order chi connectivity index (χ0) is 10.8. The standard InChI is InChI=1S/C9H10F4S2/c10-8(11)9(12,13)15-7-5-2-1-4(3-5)6(7)14-8/h4-7H,1-3H2. The van der Waals surface area contributed by atoms with E-state index < -0.39 is 10.5 Å². The Kier molecular flexibility index (Phi) is 2.11. The molecule has 2 aliphatic carbocycles. The minimum absolute atomic E-state index is 0.225. The summed E-state index contributed by atoms with van der Waals surface area (Å²) in [5.74, 6) is 0.499. The maximum atomic E-state index is 13.1. The summed E-state index contributed by atoms with van der Waals surface area (Å²) in [6.45, 7) is 0. The zero-order valence-corrected chi connectivity index (χ0v) is 9.39. The van der Waals surface area contributed by atoms with E-state index in [1.54, 1.807) is 0 Å². The highest BCUT2D eigenvalue weighted by molar-refractivity contribution is 8.08. The molecule has 0 N–H and O–H groups in total. The SMILES string of the molecule is FC1(F)SC2C3CCC(C3)C2SC1(F)F. The first-order chi connectivity index (χ1) is 6.91. The Morgan fingerprint density at radius 1 is 0.800 bits per heavy atom. The molecule has 6 heteroatoms. The van der Waals surface area contributed by atoms with Gasteiger partial charge in [-0.25, -0.2) is 0 Å². The third-order valence-corrected chi connectivity index (χ3v) is 6.98. The summed E-state index contributed by atoms with van der Waals surface area (Å²) in [5.41, 5.74) is 0. The first-order valence-corrected chi connectivity index (χ1v) is 6.78. The minimum atomic E-state index is -3.89. The van der Waals surface area contributed by atoms with Crippen molar-refractivity contribution in [3.8, 4) is 0 Å². The van der Waals surface area contributed by atoms with Crippen molar-refractivity contribution in [2.45, 2.75) is 40.3 Å². The van der Waals surface area contributed by atoms with Gasteiger partial charge >= 0.3 is 10.5 Å². The summed E-state index contributed by atoms with van der Waals surface area (Å²) in [5, 5.41) is -8.26. The van der Waals surface area contributed by atoms with Crippen molar-refractivity contribution in [2.75, 3.05) is 0 Å². The Bertz CT molecular complexity index is 266. The molecule has 0 nitrogen and oxygen atoms in total. The van der Waals surface area contributed by atoms with E-state index in [0.717, 1.165) is 19.3 Å². The molecule has 4 atom stereocenters. The van der Waals surface area contributed by atoms with Crippen molar-refractivity contribution in [1.82, 2.24) is 0 Å². The minimum Gasteiger partial charge on any atom is -0.186 e. The maximum absolute atomic E-state index is 13.1. The van der Waals surface area contributed by atoms with E-state index in [4.69, 9.17) is 0 Å². The van der Waals surface area contributed by atoms with Gasteiger partial charge in [0.1, 0.15) is 0 Å². The van der Waals surface area contributed by atoms with E-state index in [9.17, 15) is 17.6 Å². The Hall–Kier alpha value is 0.420. The van der Waals surface area contributed by atoms with Crippen LogP contribution in [0.2, 0.25) is 0 Å². The highest BCUT2D eigenvalue weighted by atomic mass is 32.2. The van der Waals surface area contributed by atoms with Crippen LogP contribution >= 0.6 is 23.5 Å². The second kappa shape index (κ2) is 3.00. The lowest BCUT2D eigenvalue weighted by molar-refractivity contribution is -0.0863. The van der Waals surface area contributed by atoms with Crippen LogP contribution in [0.5, 0.6) is 0 Å². The highest BCUT2D eigenvalue weighted by Crippen LogP contribution is 2.67. The topological polar surface area (TPSA) is 0 Å². The lowest BCUT2D eigenvalue weighted by Crippen LogP contribution is -2.47. The summed E-state index contributed by atoms with van der Waals surface area (Å²) in [6.07, 6.45) is 2.77. The molecule has 15 heavy (non-hydrogen) atoms. The lowest BCUT2D eigenvalue weighted by atomic mass is 10.00. The Labute approximate surface area is 93.5 Å². The van der Waals surface area contributed by atoms with Crippen molar-refractivity contribution in [3.63, 3.8) is 0 Å². The summed E-state index contributed by atoms with van der Waals surface area (Å²) >= 11 is 0.450. The summed E-state index contributed by atoms with van der Waals surface area (Å²) < 4.78 is 52.5. The summed E-state index contributed by atoms with van der Waals surface area (Å²) in [7, 11) is 0. The van der Waals surface area contributed by atoms with Crippen LogP contribution in [-0.4, -0.2) is 21.0 Å². The van der Waals surface area contributed by atoms with E-state index >= 15 is 0 Å². The number of hydrogen-bond donors (Lipinski definition) is 0. The molecule has 0 amide bonds. The van der Waals surface area contributed by atoms with Gasteiger partial charge in [0.05, 0.1) is 0 Å². The average Bonchev–Trinajstić information content (AvgIpc) is 2.66. The van der Waals surface area contributed by atoms with Crippen LogP contribution in [-0.2, 0) is 0 Å². The van der Waals surface area contributed by atoms with E-state index in [1.807, 2.05) is 0 Å². The van der Waals surface area contributed by atoms with Crippen LogP contribution in [0.15, 0.2) is 0 Å². The highest BCUT2D eigenvalue weighted by Gasteiger charge is 2.68. The molecule has 1 saturated heterocycles. The molecule has 0 radical (unpaired) electrons. The molecule has 3 rings (SSSR count). The molecule has 86 valence electrons. The molecule has 0 spiro atoms. The largest absolute Gasteiger partial charge is 0.366 e. The van der Waals surface area contributed by atoms with Crippen LogP contribution in [0.25, 0.3) is 0 Å². The van der Waals surface area contributed by atoms with Crippen LogP contribution < -0.4 is 0 Å². The van der Waals surface area contributed by atoms with Gasteiger partial charge in [0.25, 0.3) is 0 Å². The van der Waals surface area contributed by atoms with Crippen LogP contribution in [0, 0.1) is 11.8 Å². The molecule has 1 heterocycles. The second-order valence-electron chi connectivity index (χ2n) is 4.53. The molecular formula is C9H10F4S2. The van der Waals surface area contributed by atoms with Crippen molar-refractivity contribution >= 4 is 23.5 Å². The van der Waals surface area contributed by atoms with Gasteiger partial charge in [-0.2, -0.15) is 17.6 Å². The summed E-state index contributed by atoms with van der Waals surface area (Å²) in [4.78, 5) is 0. The van der Waals surface area contributed by atoms with Gasteiger partial charge in [-0.15, -0.1) is 0 Å². The fraction of sp³-hybridized carbons (Fsp3) is 1.00. The van der Waals surface area contributed by atoms with Crippen molar-refractivity contribution < 1.29 is 17.6 Å². The molecule has 0 aromatic heterocycles. The first kappa shape index (κ1) is 10.6. The van der Waals surface area contributed by atoms with Crippen molar-refractivity contribution in [2.24, 2.45) is 11.8 Å².